The Morgan fingerprint density at radius 2 is 1.67 bits per heavy atom. The van der Waals surface area contributed by atoms with Crippen LogP contribution in [0, 0.1) is 0 Å². The molecule has 6 atom stereocenters. The fraction of sp³-hybridized carbons (Fsp3) is 0.362. The molecule has 4 aliphatic heterocycles. The van der Waals surface area contributed by atoms with E-state index in [1.165, 1.54) is 18.4 Å². The molecule has 8 rings (SSSR count). The monoisotopic (exact) mass is 827 g/mol. The Balaban J connectivity index is 1.08. The molecule has 61 heavy (non-hydrogen) atoms. The number of amides is 3. The maximum Gasteiger partial charge on any atom is 0.261 e. The summed E-state index contributed by atoms with van der Waals surface area (Å²) in [7, 11) is 3.15. The van der Waals surface area contributed by atoms with Gasteiger partial charge in [0.1, 0.15) is 18.2 Å². The second-order valence-corrected chi connectivity index (χ2v) is 16.2. The summed E-state index contributed by atoms with van der Waals surface area (Å²) in [5, 5.41) is 9.28. The van der Waals surface area contributed by atoms with Crippen LogP contribution in [0.1, 0.15) is 53.4 Å². The number of nitrogens with two attached hydrogens (primary N) is 1. The van der Waals surface area contributed by atoms with Crippen LogP contribution in [0.5, 0.6) is 11.5 Å². The number of carbonyl (C=O) groups is 3. The Morgan fingerprint density at radius 1 is 0.951 bits per heavy atom. The zero-order valence-corrected chi connectivity index (χ0v) is 35.1. The summed E-state index contributed by atoms with van der Waals surface area (Å²) < 4.78 is 24.7. The lowest BCUT2D eigenvalue weighted by atomic mass is 9.93. The molecular weight excluding hydrogens is 775 g/mol. The minimum atomic E-state index is -0.855. The highest BCUT2D eigenvalue weighted by atomic mass is 16.5. The second-order valence-electron chi connectivity index (χ2n) is 16.2. The average Bonchev–Trinajstić information content (AvgIpc) is 3.74. The van der Waals surface area contributed by atoms with Gasteiger partial charge in [0.15, 0.2) is 11.5 Å². The van der Waals surface area contributed by atoms with Crippen molar-refractivity contribution in [2.24, 2.45) is 10.7 Å². The van der Waals surface area contributed by atoms with E-state index in [1.54, 1.807) is 44.3 Å². The summed E-state index contributed by atoms with van der Waals surface area (Å²) in [5.41, 5.74) is 12.3. The van der Waals surface area contributed by atoms with Gasteiger partial charge in [-0.05, 0) is 91.9 Å². The third-order valence-corrected chi connectivity index (χ3v) is 12.0. The standard InChI is InChI=1S/C47H53N7O7/c1-28(48)44(55)51-29(2)45(56)52-35-17-31(25-60-43-22-39-38(21-42(43)59-5)46(57)54-37(24-50-39)20-34-11-7-9-13-41(34)54)16-32(18-35)26-61-47(14-15-58-4)27-49-23-36-19-33-10-6-8-12-40(33)53(36)30(47)3/h6-18,21-22,24,28-30,36-37,49H,19-20,23,25-27,48H2,1-5H3,(H,51,55)(H,52,56)/b15-14+/t28-,29-,30?,36-,37-,47?/m0/s1. The maximum atomic E-state index is 14.0. The molecule has 14 heteroatoms. The quantitative estimate of drug-likeness (QED) is 0.132. The number of ether oxygens (including phenoxy) is 4. The van der Waals surface area contributed by atoms with Crippen LogP contribution in [0.4, 0.5) is 22.7 Å². The highest BCUT2D eigenvalue weighted by molar-refractivity contribution is 6.14. The van der Waals surface area contributed by atoms with Crippen LogP contribution < -0.4 is 41.0 Å². The van der Waals surface area contributed by atoms with Crippen LogP contribution in [-0.2, 0) is 45.1 Å². The van der Waals surface area contributed by atoms with Gasteiger partial charge in [-0.3, -0.25) is 24.3 Å². The zero-order chi connectivity index (χ0) is 42.8. The van der Waals surface area contributed by atoms with Gasteiger partial charge in [0.25, 0.3) is 5.91 Å². The van der Waals surface area contributed by atoms with Crippen molar-refractivity contribution >= 4 is 46.7 Å². The van der Waals surface area contributed by atoms with E-state index in [0.29, 0.717) is 41.4 Å². The van der Waals surface area contributed by atoms with E-state index in [2.05, 4.69) is 52.0 Å². The average molecular weight is 828 g/mol. The Bertz CT molecular complexity index is 2380. The predicted octanol–water partition coefficient (Wildman–Crippen LogP) is 5.19. The van der Waals surface area contributed by atoms with Crippen LogP contribution in [0.15, 0.2) is 96.2 Å². The molecule has 0 radical (unpaired) electrons. The number of methoxy groups -OCH3 is 2. The first kappa shape index (κ1) is 41.5. The molecule has 4 heterocycles. The minimum Gasteiger partial charge on any atom is -0.505 e. The normalized spacial score (nSPS) is 22.2. The van der Waals surface area contributed by atoms with E-state index in [4.69, 9.17) is 29.7 Å². The van der Waals surface area contributed by atoms with Crippen LogP contribution in [0.3, 0.4) is 0 Å². The minimum absolute atomic E-state index is 0.0710. The van der Waals surface area contributed by atoms with E-state index in [9.17, 15) is 14.4 Å². The molecule has 0 aromatic heterocycles. The fourth-order valence-electron chi connectivity index (χ4n) is 8.83. The highest BCUT2D eigenvalue weighted by Gasteiger charge is 2.46. The third kappa shape index (κ3) is 8.30. The molecule has 14 nitrogen and oxygen atoms in total. The molecular formula is C47H53N7O7. The molecule has 2 unspecified atom stereocenters. The molecule has 0 aliphatic carbocycles. The number of fused-ring (bicyclic) bond motifs is 7. The lowest BCUT2D eigenvalue weighted by Gasteiger charge is -2.42. The Morgan fingerprint density at radius 3 is 2.41 bits per heavy atom. The first-order valence-electron chi connectivity index (χ1n) is 20.7. The van der Waals surface area contributed by atoms with Crippen molar-refractivity contribution in [2.45, 2.75) is 82.6 Å². The fourth-order valence-corrected chi connectivity index (χ4v) is 8.83. The summed E-state index contributed by atoms with van der Waals surface area (Å²) in [6.07, 6.45) is 7.09. The van der Waals surface area contributed by atoms with Gasteiger partial charge < -0.3 is 45.5 Å². The molecule has 0 spiro atoms. The van der Waals surface area contributed by atoms with Crippen LogP contribution in [0.25, 0.3) is 0 Å². The molecule has 4 aromatic carbocycles. The summed E-state index contributed by atoms with van der Waals surface area (Å²) in [4.78, 5) is 48.8. The van der Waals surface area contributed by atoms with Crippen molar-refractivity contribution in [3.63, 3.8) is 0 Å². The lowest BCUT2D eigenvalue weighted by molar-refractivity contribution is -0.126. The summed E-state index contributed by atoms with van der Waals surface area (Å²) in [6.45, 7) is 6.93. The molecule has 1 saturated heterocycles. The molecule has 318 valence electrons. The van der Waals surface area contributed by atoms with Gasteiger partial charge in [-0.2, -0.15) is 0 Å². The number of anilines is 3. The summed E-state index contributed by atoms with van der Waals surface area (Å²) >= 11 is 0. The Kier molecular flexibility index (Phi) is 11.8. The molecule has 4 aromatic rings. The van der Waals surface area contributed by atoms with Crippen molar-refractivity contribution < 1.29 is 33.3 Å². The van der Waals surface area contributed by atoms with Gasteiger partial charge in [0, 0.05) is 54.9 Å². The smallest absolute Gasteiger partial charge is 0.261 e. The SMILES string of the molecule is CO/C=C/C1(OCc2cc(COc3cc4c(cc3OC)C(=O)N3c5ccccc5C[C@H]3C=N4)cc(NC(=O)[C@H](C)NC(=O)[C@H](C)N)c2)CNC[C@@H]2Cc3ccccc3N2C1C. The van der Waals surface area contributed by atoms with Crippen molar-refractivity contribution in [3.8, 4) is 11.5 Å². The number of carbonyl (C=O) groups excluding carboxylic acids is 3. The highest BCUT2D eigenvalue weighted by Crippen LogP contribution is 2.42. The van der Waals surface area contributed by atoms with Crippen molar-refractivity contribution in [1.82, 2.24) is 10.6 Å². The van der Waals surface area contributed by atoms with Gasteiger partial charge in [-0.25, -0.2) is 0 Å². The molecule has 0 saturated carbocycles. The Labute approximate surface area is 356 Å². The molecule has 4 aliphatic rings. The van der Waals surface area contributed by atoms with E-state index in [0.717, 1.165) is 35.3 Å². The Hall–Kier alpha value is -6.22. The lowest BCUT2D eigenvalue weighted by Crippen LogP contribution is -2.55. The number of hydrogen-bond donors (Lipinski definition) is 4. The van der Waals surface area contributed by atoms with Gasteiger partial charge in [-0.15, -0.1) is 0 Å². The van der Waals surface area contributed by atoms with Crippen molar-refractivity contribution in [1.29, 1.82) is 0 Å². The van der Waals surface area contributed by atoms with Gasteiger partial charge in [0.2, 0.25) is 11.8 Å². The molecule has 3 amide bonds. The summed E-state index contributed by atoms with van der Waals surface area (Å²) in [6, 6.07) is 23.8. The van der Waals surface area contributed by atoms with Gasteiger partial charge in [-0.1, -0.05) is 36.4 Å². The van der Waals surface area contributed by atoms with E-state index in [-0.39, 0.29) is 37.2 Å². The number of aliphatic imine (C=N–C) groups is 1. The molecule has 0 bridgehead atoms. The maximum absolute atomic E-state index is 14.0. The van der Waals surface area contributed by atoms with Crippen LogP contribution >= 0.6 is 0 Å². The number of rotatable bonds is 13. The van der Waals surface area contributed by atoms with E-state index < -0.39 is 29.5 Å². The molecule has 5 N–H and O–H groups in total. The van der Waals surface area contributed by atoms with Gasteiger partial charge in [0.05, 0.1) is 56.5 Å². The summed E-state index contributed by atoms with van der Waals surface area (Å²) in [5.74, 6) is -0.239. The number of benzene rings is 4. The van der Waals surface area contributed by atoms with Crippen molar-refractivity contribution in [3.05, 3.63) is 119 Å². The largest absolute Gasteiger partial charge is 0.505 e. The first-order valence-corrected chi connectivity index (χ1v) is 20.7. The number of hydrogen-bond acceptors (Lipinski definition) is 11. The third-order valence-electron chi connectivity index (χ3n) is 12.0. The predicted molar refractivity (Wildman–Crippen MR) is 235 cm³/mol. The van der Waals surface area contributed by atoms with Crippen LogP contribution in [-0.4, -0.2) is 87.1 Å². The van der Waals surface area contributed by atoms with Crippen LogP contribution in [0.2, 0.25) is 0 Å². The number of para-hydroxylation sites is 2. The second kappa shape index (κ2) is 17.4. The van der Waals surface area contributed by atoms with Gasteiger partial charge >= 0.3 is 0 Å². The number of nitrogens with zero attached hydrogens (tertiary/aromatic N) is 3. The topological polar surface area (TPSA) is 169 Å². The first-order chi connectivity index (χ1) is 29.5. The van der Waals surface area contributed by atoms with Crippen molar-refractivity contribution in [2.75, 3.05) is 42.4 Å². The van der Waals surface area contributed by atoms with E-state index >= 15 is 0 Å². The molecule has 1 fully saturated rings. The van der Waals surface area contributed by atoms with E-state index in [1.807, 2.05) is 54.8 Å². The zero-order valence-electron chi connectivity index (χ0n) is 35.1. The number of nitrogens with one attached hydrogen (secondary N) is 3.